The van der Waals surface area contributed by atoms with Gasteiger partial charge in [-0.2, -0.15) is 0 Å². The van der Waals surface area contributed by atoms with Crippen LogP contribution in [0.5, 0.6) is 0 Å². The molecule has 0 amide bonds. The van der Waals surface area contributed by atoms with Crippen molar-refractivity contribution in [2.24, 2.45) is 0 Å². The summed E-state index contributed by atoms with van der Waals surface area (Å²) in [5.74, 6) is 0.968. The summed E-state index contributed by atoms with van der Waals surface area (Å²) in [5.41, 5.74) is 0. The maximum absolute atomic E-state index is 5.13. The number of ether oxygens (including phenoxy) is 1. The number of aryl methyl sites for hydroxylation is 1. The van der Waals surface area contributed by atoms with Crippen molar-refractivity contribution < 1.29 is 4.74 Å². The molecule has 0 saturated heterocycles. The average Bonchev–Trinajstić information content (AvgIpc) is 2.58. The number of aromatic amines is 1. The molecule has 1 rings (SSSR count). The van der Waals surface area contributed by atoms with Gasteiger partial charge in [0.2, 0.25) is 0 Å². The van der Waals surface area contributed by atoms with E-state index in [0.717, 1.165) is 31.9 Å². The predicted octanol–water partition coefficient (Wildman–Crippen LogP) is 2.54. The van der Waals surface area contributed by atoms with Gasteiger partial charge in [0, 0.05) is 25.6 Å². The Morgan fingerprint density at radius 2 is 1.92 bits per heavy atom. The Morgan fingerprint density at radius 1 is 1.31 bits per heavy atom. The number of nitrogens with one attached hydrogen (secondary N) is 1. The molecular weight excluding hydrogens is 164 g/mol. The Labute approximate surface area is 80.5 Å². The van der Waals surface area contributed by atoms with Crippen LogP contribution in [0.1, 0.15) is 32.5 Å². The molecule has 0 aliphatic heterocycles. The third-order valence-electron chi connectivity index (χ3n) is 1.33. The van der Waals surface area contributed by atoms with Gasteiger partial charge in [0.05, 0.1) is 0 Å². The molecule has 0 fully saturated rings. The summed E-state index contributed by atoms with van der Waals surface area (Å²) in [6.45, 7) is 8.01. The molecule has 1 aromatic heterocycles. The van der Waals surface area contributed by atoms with E-state index in [1.807, 2.05) is 6.92 Å². The van der Waals surface area contributed by atoms with E-state index >= 15 is 0 Å². The molecule has 0 unspecified atom stereocenters. The lowest BCUT2D eigenvalue weighted by atomic mass is 10.5. The average molecular weight is 184 g/mol. The van der Waals surface area contributed by atoms with Crippen molar-refractivity contribution in [1.29, 1.82) is 0 Å². The van der Waals surface area contributed by atoms with Crippen molar-refractivity contribution >= 4 is 0 Å². The fourth-order valence-corrected chi connectivity index (χ4v) is 0.735. The minimum atomic E-state index is 0.924. The van der Waals surface area contributed by atoms with Gasteiger partial charge in [0.25, 0.3) is 0 Å². The van der Waals surface area contributed by atoms with Gasteiger partial charge >= 0.3 is 0 Å². The summed E-state index contributed by atoms with van der Waals surface area (Å²) in [7, 11) is 0. The molecule has 76 valence electrons. The second kappa shape index (κ2) is 9.26. The summed E-state index contributed by atoms with van der Waals surface area (Å²) in [6.07, 6.45) is 5.81. The molecule has 1 aromatic rings. The van der Waals surface area contributed by atoms with E-state index in [4.69, 9.17) is 4.74 Å². The molecule has 1 heterocycles. The molecule has 0 bridgehead atoms. The summed E-state index contributed by atoms with van der Waals surface area (Å²) in [5, 5.41) is 0. The third kappa shape index (κ3) is 9.08. The fraction of sp³-hybridized carbons (Fsp3) is 0.700. The highest BCUT2D eigenvalue weighted by molar-refractivity contribution is 4.80. The van der Waals surface area contributed by atoms with Crippen molar-refractivity contribution in [2.75, 3.05) is 13.2 Å². The second-order valence-corrected chi connectivity index (χ2v) is 2.79. The largest absolute Gasteiger partial charge is 0.381 e. The molecule has 0 radical (unpaired) electrons. The van der Waals surface area contributed by atoms with E-state index in [0.29, 0.717) is 0 Å². The summed E-state index contributed by atoms with van der Waals surface area (Å²) >= 11 is 0. The van der Waals surface area contributed by atoms with Crippen LogP contribution in [0.3, 0.4) is 0 Å². The van der Waals surface area contributed by atoms with Gasteiger partial charge in [0.1, 0.15) is 5.82 Å². The summed E-state index contributed by atoms with van der Waals surface area (Å²) in [6, 6.07) is 0. The maximum Gasteiger partial charge on any atom is 0.102 e. The van der Waals surface area contributed by atoms with Crippen molar-refractivity contribution in [1.82, 2.24) is 9.97 Å². The molecule has 13 heavy (non-hydrogen) atoms. The van der Waals surface area contributed by atoms with Gasteiger partial charge in [-0.05, 0) is 19.8 Å². The summed E-state index contributed by atoms with van der Waals surface area (Å²) in [4.78, 5) is 6.75. The first-order valence-electron chi connectivity index (χ1n) is 4.85. The Hall–Kier alpha value is -0.830. The molecule has 3 nitrogen and oxygen atoms in total. The SMILES string of the molecule is CCCOCCC.Cc1ncc[nH]1. The number of nitrogens with zero attached hydrogens (tertiary/aromatic N) is 1. The number of hydrogen-bond acceptors (Lipinski definition) is 2. The monoisotopic (exact) mass is 184 g/mol. The Kier molecular flexibility index (Phi) is 8.67. The van der Waals surface area contributed by atoms with Crippen LogP contribution in [0.15, 0.2) is 12.4 Å². The first kappa shape index (κ1) is 12.2. The highest BCUT2D eigenvalue weighted by Gasteiger charge is 1.78. The van der Waals surface area contributed by atoms with E-state index in [9.17, 15) is 0 Å². The van der Waals surface area contributed by atoms with Crippen LogP contribution in [0.25, 0.3) is 0 Å². The van der Waals surface area contributed by atoms with Gasteiger partial charge in [-0.3, -0.25) is 0 Å². The molecule has 1 N–H and O–H groups in total. The number of H-pyrrole nitrogens is 1. The molecule has 0 aliphatic carbocycles. The van der Waals surface area contributed by atoms with Crippen molar-refractivity contribution in [3.63, 3.8) is 0 Å². The zero-order valence-electron chi connectivity index (χ0n) is 8.84. The van der Waals surface area contributed by atoms with Gasteiger partial charge in [0.15, 0.2) is 0 Å². The topological polar surface area (TPSA) is 37.9 Å². The normalized spacial score (nSPS) is 9.15. The lowest BCUT2D eigenvalue weighted by Gasteiger charge is -1.95. The smallest absolute Gasteiger partial charge is 0.102 e. The lowest BCUT2D eigenvalue weighted by Crippen LogP contribution is -1.92. The minimum Gasteiger partial charge on any atom is -0.381 e. The first-order chi connectivity index (χ1) is 6.31. The zero-order valence-corrected chi connectivity index (χ0v) is 8.84. The van der Waals surface area contributed by atoms with Crippen LogP contribution >= 0.6 is 0 Å². The van der Waals surface area contributed by atoms with Crippen LogP contribution in [0, 0.1) is 6.92 Å². The van der Waals surface area contributed by atoms with Crippen molar-refractivity contribution in [3.8, 4) is 0 Å². The van der Waals surface area contributed by atoms with E-state index in [1.54, 1.807) is 12.4 Å². The molecule has 3 heteroatoms. The van der Waals surface area contributed by atoms with E-state index < -0.39 is 0 Å². The molecule has 0 saturated carbocycles. The number of aromatic nitrogens is 2. The highest BCUT2D eigenvalue weighted by atomic mass is 16.5. The van der Waals surface area contributed by atoms with Crippen LogP contribution in [0.2, 0.25) is 0 Å². The van der Waals surface area contributed by atoms with E-state index in [-0.39, 0.29) is 0 Å². The minimum absolute atomic E-state index is 0.924. The Bertz CT molecular complexity index is 169. The molecule has 0 spiro atoms. The molecule has 0 aromatic carbocycles. The Balaban J connectivity index is 0.000000223. The zero-order chi connectivity index (χ0) is 9.94. The predicted molar refractivity (Wildman–Crippen MR) is 54.7 cm³/mol. The number of hydrogen-bond donors (Lipinski definition) is 1. The van der Waals surface area contributed by atoms with Gasteiger partial charge in [-0.25, -0.2) is 4.98 Å². The van der Waals surface area contributed by atoms with Gasteiger partial charge < -0.3 is 9.72 Å². The van der Waals surface area contributed by atoms with Crippen molar-refractivity contribution in [3.05, 3.63) is 18.2 Å². The van der Waals surface area contributed by atoms with Gasteiger partial charge in [-0.1, -0.05) is 13.8 Å². The Morgan fingerprint density at radius 3 is 2.15 bits per heavy atom. The first-order valence-corrected chi connectivity index (χ1v) is 4.85. The molecule has 0 aliphatic rings. The van der Waals surface area contributed by atoms with E-state index in [1.165, 1.54) is 0 Å². The fourth-order valence-electron chi connectivity index (χ4n) is 0.735. The molecule has 0 atom stereocenters. The van der Waals surface area contributed by atoms with Gasteiger partial charge in [-0.15, -0.1) is 0 Å². The number of imidazole rings is 1. The quantitative estimate of drug-likeness (QED) is 0.730. The standard InChI is InChI=1S/C6H14O.C4H6N2/c1-3-5-7-6-4-2;1-4-5-2-3-6-4/h3-6H2,1-2H3;2-3H,1H3,(H,5,6). The van der Waals surface area contributed by atoms with E-state index in [2.05, 4.69) is 23.8 Å². The van der Waals surface area contributed by atoms with Crippen molar-refractivity contribution in [2.45, 2.75) is 33.6 Å². The third-order valence-corrected chi connectivity index (χ3v) is 1.33. The van der Waals surface area contributed by atoms with Crippen LogP contribution in [0.4, 0.5) is 0 Å². The van der Waals surface area contributed by atoms with Crippen LogP contribution < -0.4 is 0 Å². The second-order valence-electron chi connectivity index (χ2n) is 2.79. The number of rotatable bonds is 4. The van der Waals surface area contributed by atoms with Crippen LogP contribution in [-0.2, 0) is 4.74 Å². The molecular formula is C10H20N2O. The lowest BCUT2D eigenvalue weighted by molar-refractivity contribution is 0.135. The maximum atomic E-state index is 5.13. The summed E-state index contributed by atoms with van der Waals surface area (Å²) < 4.78 is 5.13. The van der Waals surface area contributed by atoms with Crippen LogP contribution in [-0.4, -0.2) is 23.2 Å². The highest BCUT2D eigenvalue weighted by Crippen LogP contribution is 1.81.